The molecule has 0 fully saturated rings. The third kappa shape index (κ3) is 0.983. The summed E-state index contributed by atoms with van der Waals surface area (Å²) in [7, 11) is 1.83. The Morgan fingerprint density at radius 2 is 2.25 bits per heavy atom. The number of fused-ring (bicyclic) bond motifs is 1. The van der Waals surface area contributed by atoms with Gasteiger partial charge < -0.3 is 10.6 Å². The van der Waals surface area contributed by atoms with E-state index in [4.69, 9.17) is 10.6 Å². The minimum absolute atomic E-state index is 0.124. The number of nitrogens with two attached hydrogens (primary N) is 1. The molecular weight excluding hydrogens is 152 g/mol. The predicted octanol–water partition coefficient (Wildman–Crippen LogP) is 1.19. The van der Waals surface area contributed by atoms with Crippen molar-refractivity contribution in [1.82, 2.24) is 5.06 Å². The summed E-state index contributed by atoms with van der Waals surface area (Å²) < 4.78 is 0. The van der Waals surface area contributed by atoms with Crippen LogP contribution in [0.2, 0.25) is 0 Å². The Morgan fingerprint density at radius 1 is 1.50 bits per heavy atom. The lowest BCUT2D eigenvalue weighted by atomic mass is 10.1. The van der Waals surface area contributed by atoms with Gasteiger partial charge in [-0.2, -0.15) is 0 Å². The van der Waals surface area contributed by atoms with Gasteiger partial charge in [-0.1, -0.05) is 12.1 Å². The summed E-state index contributed by atoms with van der Waals surface area (Å²) in [4.78, 5) is 5.41. The summed E-state index contributed by atoms with van der Waals surface area (Å²) in [5.74, 6) is 0.880. The molecule has 2 rings (SSSR count). The molecule has 1 atom stereocenters. The van der Waals surface area contributed by atoms with Crippen LogP contribution in [0.3, 0.4) is 0 Å². The van der Waals surface area contributed by atoms with Crippen molar-refractivity contribution in [2.45, 2.75) is 13.1 Å². The maximum absolute atomic E-state index is 5.84. The first-order chi connectivity index (χ1) is 5.68. The van der Waals surface area contributed by atoms with Gasteiger partial charge in [0, 0.05) is 12.6 Å². The second-order valence-corrected chi connectivity index (χ2v) is 3.12. The summed E-state index contributed by atoms with van der Waals surface area (Å²) in [6.07, 6.45) is -0.124. The van der Waals surface area contributed by atoms with Crippen LogP contribution in [-0.4, -0.2) is 12.1 Å². The highest BCUT2D eigenvalue weighted by atomic mass is 16.7. The van der Waals surface area contributed by atoms with Crippen LogP contribution in [0.15, 0.2) is 18.2 Å². The fourth-order valence-corrected chi connectivity index (χ4v) is 1.37. The Labute approximate surface area is 71.7 Å². The first kappa shape index (κ1) is 7.58. The van der Waals surface area contributed by atoms with E-state index in [0.29, 0.717) is 0 Å². The van der Waals surface area contributed by atoms with E-state index < -0.39 is 0 Å². The van der Waals surface area contributed by atoms with Gasteiger partial charge in [-0.3, -0.25) is 0 Å². The molecule has 12 heavy (non-hydrogen) atoms. The Bertz CT molecular complexity index is 311. The van der Waals surface area contributed by atoms with E-state index >= 15 is 0 Å². The summed E-state index contributed by atoms with van der Waals surface area (Å²) in [5.41, 5.74) is 8.09. The molecule has 0 saturated heterocycles. The standard InChI is InChI=1S/C9H12N2O/c1-6-3-4-7-8(5-6)12-11(2)9(7)10/h3-5,9H,10H2,1-2H3. The average Bonchev–Trinajstić information content (AvgIpc) is 2.28. The number of aryl methyl sites for hydroxylation is 1. The highest BCUT2D eigenvalue weighted by Crippen LogP contribution is 2.33. The van der Waals surface area contributed by atoms with Gasteiger partial charge in [0.2, 0.25) is 0 Å². The first-order valence-electron chi connectivity index (χ1n) is 3.95. The molecule has 1 aromatic rings. The number of hydrogen-bond acceptors (Lipinski definition) is 3. The second-order valence-electron chi connectivity index (χ2n) is 3.12. The van der Waals surface area contributed by atoms with Gasteiger partial charge in [0.05, 0.1) is 0 Å². The van der Waals surface area contributed by atoms with Crippen molar-refractivity contribution < 1.29 is 4.84 Å². The molecule has 3 nitrogen and oxygen atoms in total. The first-order valence-corrected chi connectivity index (χ1v) is 3.95. The van der Waals surface area contributed by atoms with Crippen LogP contribution in [0.1, 0.15) is 17.3 Å². The molecule has 0 aromatic heterocycles. The normalized spacial score (nSPS) is 22.1. The number of hydrogen-bond donors (Lipinski definition) is 1. The van der Waals surface area contributed by atoms with Crippen molar-refractivity contribution in [2.75, 3.05) is 7.05 Å². The van der Waals surface area contributed by atoms with Gasteiger partial charge in [0.15, 0.2) is 5.75 Å². The summed E-state index contributed by atoms with van der Waals surface area (Å²) in [6.45, 7) is 2.04. The lowest BCUT2D eigenvalue weighted by Gasteiger charge is -2.11. The minimum Gasteiger partial charge on any atom is -0.404 e. The molecule has 1 unspecified atom stereocenters. The van der Waals surface area contributed by atoms with E-state index in [-0.39, 0.29) is 6.17 Å². The van der Waals surface area contributed by atoms with E-state index in [9.17, 15) is 0 Å². The molecule has 1 aliphatic rings. The molecule has 1 aromatic carbocycles. The third-order valence-corrected chi connectivity index (χ3v) is 2.12. The summed E-state index contributed by atoms with van der Waals surface area (Å²) in [6, 6.07) is 6.05. The largest absolute Gasteiger partial charge is 0.404 e. The Kier molecular flexibility index (Phi) is 1.56. The molecular formula is C9H12N2O. The zero-order valence-corrected chi connectivity index (χ0v) is 7.24. The van der Waals surface area contributed by atoms with E-state index in [0.717, 1.165) is 11.3 Å². The minimum atomic E-state index is -0.124. The lowest BCUT2D eigenvalue weighted by molar-refractivity contribution is -0.0419. The zero-order valence-electron chi connectivity index (χ0n) is 7.24. The molecule has 1 aliphatic heterocycles. The van der Waals surface area contributed by atoms with Crippen LogP contribution in [0.4, 0.5) is 0 Å². The molecule has 0 spiro atoms. The molecule has 0 amide bonds. The SMILES string of the molecule is Cc1ccc2c(c1)ON(C)C2N. The maximum Gasteiger partial charge on any atom is 0.154 e. The molecule has 0 saturated carbocycles. The van der Waals surface area contributed by atoms with Crippen LogP contribution in [-0.2, 0) is 0 Å². The summed E-state index contributed by atoms with van der Waals surface area (Å²) in [5, 5.41) is 1.66. The average molecular weight is 164 g/mol. The van der Waals surface area contributed by atoms with E-state index in [2.05, 4.69) is 0 Å². The Hall–Kier alpha value is -1.06. The molecule has 0 aliphatic carbocycles. The van der Waals surface area contributed by atoms with Crippen molar-refractivity contribution >= 4 is 0 Å². The fraction of sp³-hybridized carbons (Fsp3) is 0.333. The molecule has 0 radical (unpaired) electrons. The van der Waals surface area contributed by atoms with Crippen molar-refractivity contribution in [3.8, 4) is 5.75 Å². The number of rotatable bonds is 0. The van der Waals surface area contributed by atoms with Crippen molar-refractivity contribution in [1.29, 1.82) is 0 Å². The zero-order chi connectivity index (χ0) is 8.72. The van der Waals surface area contributed by atoms with Crippen LogP contribution >= 0.6 is 0 Å². The van der Waals surface area contributed by atoms with Gasteiger partial charge in [-0.25, -0.2) is 0 Å². The van der Waals surface area contributed by atoms with Crippen LogP contribution < -0.4 is 10.6 Å². The number of benzene rings is 1. The van der Waals surface area contributed by atoms with Gasteiger partial charge in [-0.05, 0) is 18.6 Å². The van der Waals surface area contributed by atoms with Crippen molar-refractivity contribution in [2.24, 2.45) is 5.73 Å². The quantitative estimate of drug-likeness (QED) is 0.626. The van der Waals surface area contributed by atoms with Crippen LogP contribution in [0.5, 0.6) is 5.75 Å². The van der Waals surface area contributed by atoms with Gasteiger partial charge in [0.1, 0.15) is 6.17 Å². The Balaban J connectivity index is 2.47. The number of hydroxylamine groups is 2. The van der Waals surface area contributed by atoms with E-state index in [1.165, 1.54) is 5.56 Å². The van der Waals surface area contributed by atoms with Crippen molar-refractivity contribution in [3.05, 3.63) is 29.3 Å². The highest BCUT2D eigenvalue weighted by molar-refractivity contribution is 5.40. The topological polar surface area (TPSA) is 38.5 Å². The molecule has 64 valence electrons. The predicted molar refractivity (Wildman–Crippen MR) is 46.5 cm³/mol. The Morgan fingerprint density at radius 3 is 3.00 bits per heavy atom. The maximum atomic E-state index is 5.84. The van der Waals surface area contributed by atoms with Gasteiger partial charge in [-0.15, -0.1) is 5.06 Å². The fourth-order valence-electron chi connectivity index (χ4n) is 1.37. The van der Waals surface area contributed by atoms with Gasteiger partial charge in [0.25, 0.3) is 0 Å². The third-order valence-electron chi connectivity index (χ3n) is 2.12. The van der Waals surface area contributed by atoms with Gasteiger partial charge >= 0.3 is 0 Å². The van der Waals surface area contributed by atoms with Crippen molar-refractivity contribution in [3.63, 3.8) is 0 Å². The molecule has 3 heteroatoms. The number of nitrogens with zero attached hydrogens (tertiary/aromatic N) is 1. The lowest BCUT2D eigenvalue weighted by Crippen LogP contribution is -2.27. The highest BCUT2D eigenvalue weighted by Gasteiger charge is 2.25. The van der Waals surface area contributed by atoms with Crippen LogP contribution in [0, 0.1) is 6.92 Å². The van der Waals surface area contributed by atoms with E-state index in [1.54, 1.807) is 5.06 Å². The van der Waals surface area contributed by atoms with Crippen LogP contribution in [0.25, 0.3) is 0 Å². The smallest absolute Gasteiger partial charge is 0.154 e. The summed E-state index contributed by atoms with van der Waals surface area (Å²) >= 11 is 0. The monoisotopic (exact) mass is 164 g/mol. The second kappa shape index (κ2) is 2.47. The molecule has 0 bridgehead atoms. The molecule has 2 N–H and O–H groups in total. The van der Waals surface area contributed by atoms with E-state index in [1.807, 2.05) is 32.2 Å². The molecule has 1 heterocycles.